The molecule has 0 bridgehead atoms. The van der Waals surface area contributed by atoms with Crippen LogP contribution in [0.2, 0.25) is 0 Å². The van der Waals surface area contributed by atoms with Gasteiger partial charge < -0.3 is 20.7 Å². The number of rotatable bonds is 5. The van der Waals surface area contributed by atoms with E-state index >= 15 is 0 Å². The normalized spacial score (nSPS) is 22.8. The van der Waals surface area contributed by atoms with Crippen molar-refractivity contribution >= 4 is 23.1 Å². The van der Waals surface area contributed by atoms with Gasteiger partial charge in [-0.05, 0) is 47.4 Å². The van der Waals surface area contributed by atoms with Crippen LogP contribution >= 0.6 is 0 Å². The zero-order chi connectivity index (χ0) is 24.7. The van der Waals surface area contributed by atoms with Crippen LogP contribution in [0.15, 0.2) is 59.2 Å². The molecule has 3 aromatic rings. The van der Waals surface area contributed by atoms with Crippen molar-refractivity contribution in [3.8, 4) is 11.1 Å². The fraction of sp³-hybridized carbons (Fsp3) is 0.357. The largest absolute Gasteiger partial charge is 0.478 e. The molecule has 1 unspecified atom stereocenters. The molecule has 8 heteroatoms. The van der Waals surface area contributed by atoms with E-state index in [-0.39, 0.29) is 5.57 Å². The molecule has 1 aromatic heterocycles. The van der Waals surface area contributed by atoms with Gasteiger partial charge in [-0.25, -0.2) is 9.79 Å². The van der Waals surface area contributed by atoms with Crippen molar-refractivity contribution < 1.29 is 9.90 Å². The first-order chi connectivity index (χ1) is 17.5. The van der Waals surface area contributed by atoms with E-state index in [1.807, 2.05) is 6.92 Å². The number of hydrogen-bond donors (Lipinski definition) is 4. The third-order valence-electron chi connectivity index (χ3n) is 7.67. The summed E-state index contributed by atoms with van der Waals surface area (Å²) in [5.74, 6) is -1.65. The molecule has 2 aromatic carbocycles. The highest BCUT2D eigenvalue weighted by Gasteiger charge is 2.35. The van der Waals surface area contributed by atoms with Crippen LogP contribution in [-0.2, 0) is 24.3 Å². The topological polar surface area (TPSA) is 96.0 Å². The summed E-state index contributed by atoms with van der Waals surface area (Å²) in [6, 6.07) is 15.6. The molecule has 0 amide bonds. The number of fused-ring (bicyclic) bond motifs is 3. The van der Waals surface area contributed by atoms with Crippen LogP contribution in [0.25, 0.3) is 22.0 Å². The Hall–Kier alpha value is -3.46. The first-order valence-corrected chi connectivity index (χ1v) is 12.7. The van der Waals surface area contributed by atoms with Crippen LogP contribution in [0.1, 0.15) is 23.7 Å². The zero-order valence-electron chi connectivity index (χ0n) is 20.6. The Labute approximate surface area is 210 Å². The maximum absolute atomic E-state index is 11.3. The highest BCUT2D eigenvalue weighted by Crippen LogP contribution is 2.34. The molecular formula is C28H32N6O2. The Balaban J connectivity index is 1.26. The minimum atomic E-state index is -0.976. The minimum absolute atomic E-state index is 0.168. The SMILES string of the molecule is CC1(N2CCc3[nH]c4ccc(-c5cccc(CN6CCNCC6)c5)cc4c3C2)N=CC(C(=O)O)=CN1. The van der Waals surface area contributed by atoms with Crippen molar-refractivity contribution in [2.24, 2.45) is 4.99 Å². The molecule has 1 fully saturated rings. The van der Waals surface area contributed by atoms with E-state index in [9.17, 15) is 9.90 Å². The van der Waals surface area contributed by atoms with Gasteiger partial charge in [0.25, 0.3) is 0 Å². The van der Waals surface area contributed by atoms with Crippen LogP contribution in [-0.4, -0.2) is 70.6 Å². The van der Waals surface area contributed by atoms with Crippen LogP contribution in [0, 0.1) is 0 Å². The molecule has 6 rings (SSSR count). The number of aliphatic imine (C=N–C) groups is 1. The average Bonchev–Trinajstić information content (AvgIpc) is 3.27. The number of piperazine rings is 1. The van der Waals surface area contributed by atoms with Gasteiger partial charge in [-0.2, -0.15) is 0 Å². The van der Waals surface area contributed by atoms with Gasteiger partial charge in [-0.3, -0.25) is 9.80 Å². The highest BCUT2D eigenvalue weighted by atomic mass is 16.4. The second-order valence-corrected chi connectivity index (χ2v) is 10.1. The number of nitrogens with zero attached hydrogens (tertiary/aromatic N) is 3. The lowest BCUT2D eigenvalue weighted by atomic mass is 9.98. The molecule has 3 aliphatic heterocycles. The van der Waals surface area contributed by atoms with Gasteiger partial charge >= 0.3 is 5.97 Å². The maximum atomic E-state index is 11.3. The predicted octanol–water partition coefficient (Wildman–Crippen LogP) is 2.91. The minimum Gasteiger partial charge on any atom is -0.478 e. The molecule has 3 aliphatic rings. The number of aliphatic carboxylic acids is 1. The van der Waals surface area contributed by atoms with E-state index < -0.39 is 11.8 Å². The van der Waals surface area contributed by atoms with Crippen molar-refractivity contribution in [1.82, 2.24) is 25.4 Å². The lowest BCUT2D eigenvalue weighted by molar-refractivity contribution is -0.132. The number of nitrogens with one attached hydrogen (secondary N) is 3. The molecular weight excluding hydrogens is 452 g/mol. The second-order valence-electron chi connectivity index (χ2n) is 10.1. The molecule has 1 atom stereocenters. The molecule has 0 radical (unpaired) electrons. The zero-order valence-corrected chi connectivity index (χ0v) is 20.6. The van der Waals surface area contributed by atoms with E-state index in [1.165, 1.54) is 39.5 Å². The van der Waals surface area contributed by atoms with E-state index in [0.717, 1.165) is 57.8 Å². The molecule has 0 saturated carbocycles. The monoisotopic (exact) mass is 484 g/mol. The number of carboxylic acid groups (broad SMARTS) is 1. The Kier molecular flexibility index (Phi) is 5.87. The van der Waals surface area contributed by atoms with Gasteiger partial charge in [0, 0.05) is 81.2 Å². The van der Waals surface area contributed by atoms with E-state index in [1.54, 1.807) is 6.20 Å². The summed E-state index contributed by atoms with van der Waals surface area (Å²) in [7, 11) is 0. The Morgan fingerprint density at radius 3 is 2.72 bits per heavy atom. The van der Waals surface area contributed by atoms with Crippen LogP contribution < -0.4 is 10.6 Å². The number of H-pyrrole nitrogens is 1. The summed E-state index contributed by atoms with van der Waals surface area (Å²) in [6.45, 7) is 8.84. The second kappa shape index (κ2) is 9.20. The van der Waals surface area contributed by atoms with Gasteiger partial charge in [0.2, 0.25) is 0 Å². The number of carboxylic acids is 1. The van der Waals surface area contributed by atoms with Crippen molar-refractivity contribution in [2.45, 2.75) is 32.2 Å². The van der Waals surface area contributed by atoms with Gasteiger partial charge in [0.05, 0.1) is 5.57 Å². The van der Waals surface area contributed by atoms with Crippen LogP contribution in [0.5, 0.6) is 0 Å². The predicted molar refractivity (Wildman–Crippen MR) is 142 cm³/mol. The van der Waals surface area contributed by atoms with Crippen molar-refractivity contribution in [3.05, 3.63) is 71.1 Å². The summed E-state index contributed by atoms with van der Waals surface area (Å²) < 4.78 is 0. The Morgan fingerprint density at radius 2 is 1.94 bits per heavy atom. The van der Waals surface area contributed by atoms with Crippen LogP contribution in [0.3, 0.4) is 0 Å². The molecule has 1 saturated heterocycles. The first-order valence-electron chi connectivity index (χ1n) is 12.7. The first kappa shape index (κ1) is 23.0. The van der Waals surface area contributed by atoms with Crippen molar-refractivity contribution in [3.63, 3.8) is 0 Å². The van der Waals surface area contributed by atoms with Crippen molar-refractivity contribution in [2.75, 3.05) is 32.7 Å². The molecule has 0 spiro atoms. The summed E-state index contributed by atoms with van der Waals surface area (Å²) >= 11 is 0. The fourth-order valence-electron chi connectivity index (χ4n) is 5.52. The van der Waals surface area contributed by atoms with E-state index in [0.29, 0.717) is 0 Å². The molecule has 4 N–H and O–H groups in total. The standard InChI is InChI=1S/C28H32N6O2/c1-28(30-15-22(16-31-28)27(35)36)34-10-7-26-24(18-34)23-14-21(5-6-25(23)32-26)20-4-2-3-19(13-20)17-33-11-8-29-9-12-33/h2-6,13-16,29-30,32H,7-12,17-18H2,1H3,(H,35,36). The smallest absolute Gasteiger partial charge is 0.338 e. The number of aromatic nitrogens is 1. The summed E-state index contributed by atoms with van der Waals surface area (Å²) in [5, 5.41) is 17.1. The third-order valence-corrected chi connectivity index (χ3v) is 7.67. The van der Waals surface area contributed by atoms with Crippen LogP contribution in [0.4, 0.5) is 0 Å². The molecule has 36 heavy (non-hydrogen) atoms. The quantitative estimate of drug-likeness (QED) is 0.445. The molecule has 4 heterocycles. The molecule has 8 nitrogen and oxygen atoms in total. The Bertz CT molecular complexity index is 1370. The fourth-order valence-corrected chi connectivity index (χ4v) is 5.52. The number of hydrogen-bond acceptors (Lipinski definition) is 6. The molecule has 0 aliphatic carbocycles. The third kappa shape index (κ3) is 4.32. The summed E-state index contributed by atoms with van der Waals surface area (Å²) in [4.78, 5) is 24.2. The average molecular weight is 485 g/mol. The highest BCUT2D eigenvalue weighted by molar-refractivity contribution is 6.08. The van der Waals surface area contributed by atoms with Gasteiger partial charge in [-0.1, -0.05) is 24.3 Å². The van der Waals surface area contributed by atoms with Crippen molar-refractivity contribution in [1.29, 1.82) is 0 Å². The molecule has 186 valence electrons. The van der Waals surface area contributed by atoms with E-state index in [4.69, 9.17) is 0 Å². The maximum Gasteiger partial charge on any atom is 0.338 e. The van der Waals surface area contributed by atoms with Gasteiger partial charge in [0.1, 0.15) is 0 Å². The van der Waals surface area contributed by atoms with Gasteiger partial charge in [0.15, 0.2) is 5.79 Å². The lowest BCUT2D eigenvalue weighted by Crippen LogP contribution is -2.56. The van der Waals surface area contributed by atoms with E-state index in [2.05, 4.69) is 72.9 Å². The number of carbonyl (C=O) groups is 1. The lowest BCUT2D eigenvalue weighted by Gasteiger charge is -2.41. The number of benzene rings is 2. The van der Waals surface area contributed by atoms with Gasteiger partial charge in [-0.15, -0.1) is 0 Å². The summed E-state index contributed by atoms with van der Waals surface area (Å²) in [6.07, 6.45) is 3.89. The summed E-state index contributed by atoms with van der Waals surface area (Å²) in [5.41, 5.74) is 7.70. The Morgan fingerprint density at radius 1 is 1.11 bits per heavy atom. The number of aromatic amines is 1.